The zero-order valence-corrected chi connectivity index (χ0v) is 14.3. The number of benzene rings is 2. The van der Waals surface area contributed by atoms with E-state index in [1.807, 2.05) is 48.5 Å². The van der Waals surface area contributed by atoms with Crippen LogP contribution in [0.4, 0.5) is 0 Å². The molecule has 0 bridgehead atoms. The summed E-state index contributed by atoms with van der Waals surface area (Å²) in [5.74, 6) is -0.357. The average molecular weight is 336 g/mol. The van der Waals surface area contributed by atoms with Gasteiger partial charge in [0.2, 0.25) is 0 Å². The maximum Gasteiger partial charge on any atom is 0.339 e. The average Bonchev–Trinajstić information content (AvgIpc) is 2.68. The molecular weight excluding hydrogens is 312 g/mol. The summed E-state index contributed by atoms with van der Waals surface area (Å²) < 4.78 is 5.67. The number of carbonyl (C=O) groups excluding carboxylic acids is 1. The van der Waals surface area contributed by atoms with Crippen LogP contribution in [0.15, 0.2) is 66.7 Å². The topological polar surface area (TPSA) is 46.5 Å². The molecule has 0 aliphatic heterocycles. The molecule has 3 atom stereocenters. The Labute approximate surface area is 149 Å². The fourth-order valence-electron chi connectivity index (χ4n) is 3.38. The van der Waals surface area contributed by atoms with Gasteiger partial charge in [0.05, 0.1) is 0 Å². The Kier molecular flexibility index (Phi) is 6.02. The molecule has 1 saturated carbocycles. The first-order valence-corrected chi connectivity index (χ1v) is 8.91. The molecule has 1 aliphatic rings. The number of aliphatic hydroxyl groups is 1. The zero-order valence-electron chi connectivity index (χ0n) is 14.3. The number of ether oxygens (including phenoxy) is 1. The van der Waals surface area contributed by atoms with E-state index >= 15 is 0 Å². The highest BCUT2D eigenvalue weighted by atomic mass is 16.6. The predicted molar refractivity (Wildman–Crippen MR) is 99.0 cm³/mol. The Morgan fingerprint density at radius 3 is 2.36 bits per heavy atom. The molecule has 0 radical (unpaired) electrons. The molecule has 1 fully saturated rings. The Bertz CT molecular complexity index is 694. The number of esters is 1. The first-order chi connectivity index (χ1) is 12.2. The van der Waals surface area contributed by atoms with E-state index in [0.717, 1.165) is 31.2 Å². The molecule has 3 rings (SSSR count). The van der Waals surface area contributed by atoms with Gasteiger partial charge in [-0.15, -0.1) is 0 Å². The van der Waals surface area contributed by atoms with Gasteiger partial charge in [-0.05, 0) is 36.5 Å². The van der Waals surface area contributed by atoms with E-state index in [1.165, 1.54) is 11.6 Å². The quantitative estimate of drug-likeness (QED) is 0.827. The summed E-state index contributed by atoms with van der Waals surface area (Å²) in [6, 6.07) is 19.8. The van der Waals surface area contributed by atoms with Crippen molar-refractivity contribution in [3.8, 4) is 0 Å². The highest BCUT2D eigenvalue weighted by Gasteiger charge is 2.30. The first-order valence-electron chi connectivity index (χ1n) is 8.91. The van der Waals surface area contributed by atoms with Gasteiger partial charge in [0.25, 0.3) is 0 Å². The van der Waals surface area contributed by atoms with Gasteiger partial charge in [-0.1, -0.05) is 73.2 Å². The molecule has 130 valence electrons. The lowest BCUT2D eigenvalue weighted by Crippen LogP contribution is -2.32. The fraction of sp³-hybridized carbons (Fsp3) is 0.318. The lowest BCUT2D eigenvalue weighted by molar-refractivity contribution is -0.159. The third-order valence-corrected chi connectivity index (χ3v) is 4.71. The van der Waals surface area contributed by atoms with Crippen molar-refractivity contribution in [2.45, 2.75) is 43.8 Å². The van der Waals surface area contributed by atoms with Crippen LogP contribution in [0.1, 0.15) is 42.7 Å². The van der Waals surface area contributed by atoms with Crippen LogP contribution in [0, 0.1) is 0 Å². The van der Waals surface area contributed by atoms with E-state index in [0.29, 0.717) is 0 Å². The van der Waals surface area contributed by atoms with E-state index < -0.39 is 12.1 Å². The summed E-state index contributed by atoms with van der Waals surface area (Å²) in [6.45, 7) is 0. The van der Waals surface area contributed by atoms with Crippen molar-refractivity contribution in [1.29, 1.82) is 0 Å². The molecule has 3 nitrogen and oxygen atoms in total. The lowest BCUT2D eigenvalue weighted by atomic mass is 9.81. The minimum absolute atomic E-state index is 0.163. The lowest BCUT2D eigenvalue weighted by Gasteiger charge is -2.31. The third-order valence-electron chi connectivity index (χ3n) is 4.71. The maximum absolute atomic E-state index is 12.3. The van der Waals surface area contributed by atoms with E-state index in [9.17, 15) is 9.90 Å². The molecule has 0 amide bonds. The second kappa shape index (κ2) is 8.63. The highest BCUT2D eigenvalue weighted by molar-refractivity contribution is 5.78. The van der Waals surface area contributed by atoms with Crippen molar-refractivity contribution in [3.63, 3.8) is 0 Å². The van der Waals surface area contributed by atoms with Gasteiger partial charge >= 0.3 is 5.97 Å². The van der Waals surface area contributed by atoms with E-state index in [4.69, 9.17) is 4.74 Å². The van der Waals surface area contributed by atoms with Crippen molar-refractivity contribution < 1.29 is 14.6 Å². The van der Waals surface area contributed by atoms with Crippen LogP contribution in [-0.2, 0) is 9.53 Å². The Hall–Kier alpha value is -2.39. The molecule has 0 aromatic heterocycles. The molecule has 2 aromatic rings. The minimum Gasteiger partial charge on any atom is -0.460 e. The molecule has 2 aromatic carbocycles. The van der Waals surface area contributed by atoms with Crippen molar-refractivity contribution in [2.24, 2.45) is 0 Å². The summed E-state index contributed by atoms with van der Waals surface area (Å²) in [5.41, 5.74) is 2.14. The first kappa shape index (κ1) is 17.4. The number of carbonyl (C=O) groups is 1. The van der Waals surface area contributed by atoms with Crippen LogP contribution in [0.2, 0.25) is 0 Å². The number of rotatable bonds is 5. The summed E-state index contributed by atoms with van der Waals surface area (Å²) in [5, 5.41) is 10.1. The normalized spacial score (nSPS) is 21.8. The summed E-state index contributed by atoms with van der Waals surface area (Å²) in [7, 11) is 0. The molecule has 1 aliphatic carbocycles. The zero-order chi connectivity index (χ0) is 17.5. The van der Waals surface area contributed by atoms with Gasteiger partial charge in [0, 0.05) is 5.92 Å². The largest absolute Gasteiger partial charge is 0.460 e. The summed E-state index contributed by atoms with van der Waals surface area (Å²) >= 11 is 0. The van der Waals surface area contributed by atoms with Gasteiger partial charge in [-0.2, -0.15) is 0 Å². The molecular formula is C22H24O3. The minimum atomic E-state index is -1.24. The molecule has 0 saturated heterocycles. The van der Waals surface area contributed by atoms with Gasteiger partial charge in [-0.3, -0.25) is 0 Å². The Morgan fingerprint density at radius 1 is 1.00 bits per heavy atom. The molecule has 2 unspecified atom stereocenters. The van der Waals surface area contributed by atoms with Crippen LogP contribution in [0.5, 0.6) is 0 Å². The number of hydrogen-bond donors (Lipinski definition) is 1. The standard InChI is InChI=1S/C22H24O3/c23-20(16-15-17-9-3-1-4-10-17)22(24)25-21-14-8-7-13-19(21)18-11-5-2-6-12-18/h1-6,9-12,15-16,19-21,23H,7-8,13-14H2/t19?,20-,21?/m1/s1. The van der Waals surface area contributed by atoms with Crippen LogP contribution in [-0.4, -0.2) is 23.3 Å². The van der Waals surface area contributed by atoms with E-state index in [2.05, 4.69) is 12.1 Å². The van der Waals surface area contributed by atoms with E-state index in [1.54, 1.807) is 6.08 Å². The highest BCUT2D eigenvalue weighted by Crippen LogP contribution is 2.35. The van der Waals surface area contributed by atoms with Crippen LogP contribution in [0.25, 0.3) is 6.08 Å². The van der Waals surface area contributed by atoms with Crippen LogP contribution < -0.4 is 0 Å². The van der Waals surface area contributed by atoms with E-state index in [-0.39, 0.29) is 12.0 Å². The molecule has 1 N–H and O–H groups in total. The Balaban J connectivity index is 1.63. The van der Waals surface area contributed by atoms with Crippen LogP contribution >= 0.6 is 0 Å². The summed E-state index contributed by atoms with van der Waals surface area (Å²) in [6.07, 6.45) is 5.88. The smallest absolute Gasteiger partial charge is 0.339 e. The van der Waals surface area contributed by atoms with Crippen molar-refractivity contribution in [3.05, 3.63) is 77.9 Å². The monoisotopic (exact) mass is 336 g/mol. The van der Waals surface area contributed by atoms with Crippen molar-refractivity contribution in [2.75, 3.05) is 0 Å². The number of aliphatic hydroxyl groups excluding tert-OH is 1. The van der Waals surface area contributed by atoms with Crippen molar-refractivity contribution in [1.82, 2.24) is 0 Å². The van der Waals surface area contributed by atoms with Gasteiger partial charge in [0.15, 0.2) is 6.10 Å². The summed E-state index contributed by atoms with van der Waals surface area (Å²) in [4.78, 5) is 12.3. The molecule has 25 heavy (non-hydrogen) atoms. The van der Waals surface area contributed by atoms with Gasteiger partial charge in [0.1, 0.15) is 6.10 Å². The Morgan fingerprint density at radius 2 is 1.64 bits per heavy atom. The maximum atomic E-state index is 12.3. The van der Waals surface area contributed by atoms with Gasteiger partial charge in [-0.25, -0.2) is 4.79 Å². The number of hydrogen-bond acceptors (Lipinski definition) is 3. The second-order valence-electron chi connectivity index (χ2n) is 6.49. The van der Waals surface area contributed by atoms with Gasteiger partial charge < -0.3 is 9.84 Å². The third kappa shape index (κ3) is 4.80. The molecule has 3 heteroatoms. The second-order valence-corrected chi connectivity index (χ2v) is 6.49. The fourth-order valence-corrected chi connectivity index (χ4v) is 3.38. The molecule has 0 heterocycles. The SMILES string of the molecule is O=C(OC1CCCCC1c1ccccc1)[C@H](O)C=Cc1ccccc1. The molecule has 0 spiro atoms. The predicted octanol–water partition coefficient (Wildman–Crippen LogP) is 4.33. The van der Waals surface area contributed by atoms with Crippen molar-refractivity contribution >= 4 is 12.0 Å². The van der Waals surface area contributed by atoms with Crippen LogP contribution in [0.3, 0.4) is 0 Å².